The predicted octanol–water partition coefficient (Wildman–Crippen LogP) is 0.0742. The molecule has 60 valence electrons. The van der Waals surface area contributed by atoms with Crippen molar-refractivity contribution < 1.29 is 6.22 Å². The predicted molar refractivity (Wildman–Crippen MR) is 41.9 cm³/mol. The Morgan fingerprint density at radius 3 is 3.00 bits per heavy atom. The molecule has 0 spiro atoms. The molecule has 0 saturated carbocycles. The van der Waals surface area contributed by atoms with E-state index in [2.05, 4.69) is 5.32 Å². The number of nitrogens with zero attached hydrogens (tertiary/aromatic N) is 1. The smallest absolute Gasteiger partial charge is 0.219 e. The third-order valence-electron chi connectivity index (χ3n) is 1.79. The SMILES string of the molecule is CC(=O)N1CCCNCC1.[HH]. The van der Waals surface area contributed by atoms with Crippen LogP contribution in [0, 0.1) is 0 Å². The first kappa shape index (κ1) is 7.54. The van der Waals surface area contributed by atoms with Crippen molar-refractivity contribution in [3.05, 3.63) is 0 Å². The van der Waals surface area contributed by atoms with Gasteiger partial charge >= 0.3 is 0 Å². The second-order valence-electron chi connectivity index (χ2n) is 2.61. The fraction of sp³-hybridized carbons (Fsp3) is 0.857. The van der Waals surface area contributed by atoms with Crippen molar-refractivity contribution in [2.45, 2.75) is 13.3 Å². The Morgan fingerprint density at radius 2 is 2.30 bits per heavy atom. The number of amides is 1. The lowest BCUT2D eigenvalue weighted by Crippen LogP contribution is -2.32. The van der Waals surface area contributed by atoms with E-state index in [9.17, 15) is 4.79 Å². The van der Waals surface area contributed by atoms with Gasteiger partial charge in [0, 0.05) is 28.0 Å². The third kappa shape index (κ3) is 1.99. The Balaban J connectivity index is 0.000001000. The van der Waals surface area contributed by atoms with Crippen LogP contribution in [0.25, 0.3) is 0 Å². The largest absolute Gasteiger partial charge is 0.342 e. The molecule has 1 fully saturated rings. The van der Waals surface area contributed by atoms with Crippen molar-refractivity contribution in [2.75, 3.05) is 26.2 Å². The van der Waals surface area contributed by atoms with Crippen LogP contribution in [0.2, 0.25) is 0 Å². The summed E-state index contributed by atoms with van der Waals surface area (Å²) in [6.45, 7) is 5.41. The summed E-state index contributed by atoms with van der Waals surface area (Å²) in [5, 5.41) is 3.24. The van der Waals surface area contributed by atoms with Gasteiger partial charge in [-0.25, -0.2) is 0 Å². The van der Waals surface area contributed by atoms with Crippen LogP contribution in [-0.4, -0.2) is 37.0 Å². The summed E-state index contributed by atoms with van der Waals surface area (Å²) in [5.74, 6) is 0.198. The van der Waals surface area contributed by atoms with E-state index < -0.39 is 0 Å². The van der Waals surface area contributed by atoms with Gasteiger partial charge in [0.1, 0.15) is 0 Å². The zero-order chi connectivity index (χ0) is 7.40. The molecule has 1 aliphatic rings. The minimum atomic E-state index is 0. The van der Waals surface area contributed by atoms with Crippen molar-refractivity contribution in [1.29, 1.82) is 0 Å². The average molecular weight is 144 g/mol. The Hall–Kier alpha value is -0.570. The first-order valence-corrected chi connectivity index (χ1v) is 3.77. The highest BCUT2D eigenvalue weighted by Gasteiger charge is 2.09. The van der Waals surface area contributed by atoms with E-state index in [1.807, 2.05) is 4.90 Å². The van der Waals surface area contributed by atoms with E-state index in [0.717, 1.165) is 32.6 Å². The van der Waals surface area contributed by atoms with Gasteiger partial charge in [0.05, 0.1) is 0 Å². The van der Waals surface area contributed by atoms with Crippen LogP contribution in [-0.2, 0) is 4.79 Å². The van der Waals surface area contributed by atoms with Crippen molar-refractivity contribution >= 4 is 5.91 Å². The highest BCUT2D eigenvalue weighted by atomic mass is 16.2. The maximum absolute atomic E-state index is 10.8. The molecule has 0 unspecified atom stereocenters. The standard InChI is InChI=1S/C7H14N2O.H2/c1-7(10)9-5-2-3-8-4-6-9;/h8H,2-6H2,1H3;1H. The zero-order valence-electron chi connectivity index (χ0n) is 6.39. The minimum absolute atomic E-state index is 0. The van der Waals surface area contributed by atoms with Gasteiger partial charge < -0.3 is 10.2 Å². The van der Waals surface area contributed by atoms with E-state index in [1.54, 1.807) is 6.92 Å². The highest BCUT2D eigenvalue weighted by Crippen LogP contribution is 1.94. The molecule has 1 rings (SSSR count). The van der Waals surface area contributed by atoms with Crippen LogP contribution < -0.4 is 5.32 Å². The molecule has 3 heteroatoms. The van der Waals surface area contributed by atoms with Crippen LogP contribution in [0.3, 0.4) is 0 Å². The Bertz CT molecular complexity index is 122. The molecule has 10 heavy (non-hydrogen) atoms. The normalized spacial score (nSPS) is 20.3. The van der Waals surface area contributed by atoms with Crippen LogP contribution in [0.5, 0.6) is 0 Å². The molecule has 3 nitrogen and oxygen atoms in total. The summed E-state index contributed by atoms with van der Waals surface area (Å²) < 4.78 is 0. The van der Waals surface area contributed by atoms with Crippen LogP contribution in [0.4, 0.5) is 0 Å². The molecule has 1 N–H and O–H groups in total. The Labute approximate surface area is 62.9 Å². The lowest BCUT2D eigenvalue weighted by atomic mass is 10.4. The van der Waals surface area contributed by atoms with Gasteiger partial charge in [0.2, 0.25) is 5.91 Å². The van der Waals surface area contributed by atoms with Crippen molar-refractivity contribution in [3.63, 3.8) is 0 Å². The molecule has 0 aliphatic carbocycles. The lowest BCUT2D eigenvalue weighted by molar-refractivity contribution is -0.128. The van der Waals surface area contributed by atoms with E-state index in [1.165, 1.54) is 0 Å². The number of carbonyl (C=O) groups excluding carboxylic acids is 1. The van der Waals surface area contributed by atoms with Gasteiger partial charge in [0.15, 0.2) is 0 Å². The monoisotopic (exact) mass is 144 g/mol. The first-order valence-electron chi connectivity index (χ1n) is 3.77. The molecule has 0 aromatic heterocycles. The molecule has 1 aliphatic heterocycles. The number of hydrogen-bond donors (Lipinski definition) is 1. The molecule has 1 saturated heterocycles. The van der Waals surface area contributed by atoms with Crippen LogP contribution in [0.15, 0.2) is 0 Å². The van der Waals surface area contributed by atoms with Crippen LogP contribution in [0.1, 0.15) is 14.8 Å². The summed E-state index contributed by atoms with van der Waals surface area (Å²) in [4.78, 5) is 12.7. The summed E-state index contributed by atoms with van der Waals surface area (Å²) in [6, 6.07) is 0. The van der Waals surface area contributed by atoms with E-state index in [0.29, 0.717) is 0 Å². The second-order valence-corrected chi connectivity index (χ2v) is 2.61. The fourth-order valence-corrected chi connectivity index (χ4v) is 1.16. The summed E-state index contributed by atoms with van der Waals surface area (Å²) >= 11 is 0. The Kier molecular flexibility index (Phi) is 2.68. The molecule has 1 heterocycles. The summed E-state index contributed by atoms with van der Waals surface area (Å²) in [6.07, 6.45) is 1.08. The second kappa shape index (κ2) is 3.56. The topological polar surface area (TPSA) is 32.3 Å². The van der Waals surface area contributed by atoms with Crippen molar-refractivity contribution in [2.24, 2.45) is 0 Å². The number of nitrogens with one attached hydrogen (secondary N) is 1. The van der Waals surface area contributed by atoms with Crippen molar-refractivity contribution in [3.8, 4) is 0 Å². The number of rotatable bonds is 0. The van der Waals surface area contributed by atoms with E-state index in [4.69, 9.17) is 0 Å². The maximum Gasteiger partial charge on any atom is 0.219 e. The summed E-state index contributed by atoms with van der Waals surface area (Å²) in [5.41, 5.74) is 0. The quantitative estimate of drug-likeness (QED) is 0.522. The third-order valence-corrected chi connectivity index (χ3v) is 1.79. The molecule has 0 aromatic rings. The average Bonchev–Trinajstić information content (AvgIpc) is 2.12. The molecular formula is C7H16N2O. The number of carbonyl (C=O) groups is 1. The zero-order valence-corrected chi connectivity index (χ0v) is 6.39. The molecular weight excluding hydrogens is 128 g/mol. The highest BCUT2D eigenvalue weighted by molar-refractivity contribution is 5.73. The maximum atomic E-state index is 10.8. The van der Waals surface area contributed by atoms with Gasteiger partial charge in [-0.15, -0.1) is 0 Å². The minimum Gasteiger partial charge on any atom is -0.342 e. The number of hydrogen-bond acceptors (Lipinski definition) is 2. The van der Waals surface area contributed by atoms with Gasteiger partial charge in [-0.1, -0.05) is 0 Å². The molecule has 1 amide bonds. The fourth-order valence-electron chi connectivity index (χ4n) is 1.16. The van der Waals surface area contributed by atoms with Crippen molar-refractivity contribution in [1.82, 2.24) is 10.2 Å². The Morgan fingerprint density at radius 1 is 1.50 bits per heavy atom. The lowest BCUT2D eigenvalue weighted by Gasteiger charge is -2.16. The van der Waals surface area contributed by atoms with E-state index >= 15 is 0 Å². The van der Waals surface area contributed by atoms with E-state index in [-0.39, 0.29) is 7.33 Å². The molecule has 0 radical (unpaired) electrons. The molecule has 0 atom stereocenters. The molecule has 0 aromatic carbocycles. The van der Waals surface area contributed by atoms with Gasteiger partial charge in [-0.05, 0) is 13.0 Å². The summed E-state index contributed by atoms with van der Waals surface area (Å²) in [7, 11) is 0. The van der Waals surface area contributed by atoms with Gasteiger partial charge in [-0.2, -0.15) is 0 Å². The molecule has 0 bridgehead atoms. The van der Waals surface area contributed by atoms with Crippen LogP contribution >= 0.6 is 0 Å². The first-order chi connectivity index (χ1) is 4.80. The van der Waals surface area contributed by atoms with Gasteiger partial charge in [0.25, 0.3) is 0 Å². The van der Waals surface area contributed by atoms with Gasteiger partial charge in [-0.3, -0.25) is 4.79 Å².